The Bertz CT molecular complexity index is 209. The van der Waals surface area contributed by atoms with Crippen LogP contribution in [-0.2, 0) is 4.74 Å². The molecular formula is C8H12N2OS. The predicted molar refractivity (Wildman–Crippen MR) is 51.6 cm³/mol. The fraction of sp³-hybridized carbons (Fsp3) is 0.625. The van der Waals surface area contributed by atoms with Crippen molar-refractivity contribution in [2.45, 2.75) is 6.04 Å². The number of hydrogen-bond donors (Lipinski definition) is 1. The fourth-order valence-electron chi connectivity index (χ4n) is 1.28. The van der Waals surface area contributed by atoms with E-state index < -0.39 is 0 Å². The molecule has 0 aliphatic carbocycles. The van der Waals surface area contributed by atoms with E-state index in [1.807, 2.05) is 24.2 Å². The van der Waals surface area contributed by atoms with Crippen LogP contribution in [0.5, 0.6) is 0 Å². The summed E-state index contributed by atoms with van der Waals surface area (Å²) in [5, 5.41) is 3.40. The van der Waals surface area contributed by atoms with Crippen LogP contribution >= 0.6 is 11.8 Å². The lowest BCUT2D eigenvalue weighted by atomic mass is 10.2. The molecule has 0 aromatic heterocycles. The van der Waals surface area contributed by atoms with E-state index in [0.29, 0.717) is 6.04 Å². The van der Waals surface area contributed by atoms with E-state index in [-0.39, 0.29) is 0 Å². The molecule has 0 amide bonds. The van der Waals surface area contributed by atoms with Crippen LogP contribution in [0, 0.1) is 0 Å². The molecule has 1 saturated heterocycles. The van der Waals surface area contributed by atoms with E-state index in [2.05, 4.69) is 10.3 Å². The summed E-state index contributed by atoms with van der Waals surface area (Å²) in [4.78, 5) is 5.43. The van der Waals surface area contributed by atoms with Crippen LogP contribution < -0.4 is 5.32 Å². The second kappa shape index (κ2) is 4.07. The summed E-state index contributed by atoms with van der Waals surface area (Å²) < 4.78 is 5.37. The number of thioether (sulfide) groups is 1. The first-order valence-electron chi connectivity index (χ1n) is 4.12. The minimum absolute atomic E-state index is 0.376. The number of hydrogen-bond acceptors (Lipinski definition) is 4. The first-order valence-corrected chi connectivity index (χ1v) is 5.11. The quantitative estimate of drug-likeness (QED) is 0.649. The topological polar surface area (TPSA) is 33.6 Å². The summed E-state index contributed by atoms with van der Waals surface area (Å²) >= 11 is 1.84. The molecule has 2 aliphatic rings. The Kier molecular flexibility index (Phi) is 2.81. The van der Waals surface area contributed by atoms with Gasteiger partial charge < -0.3 is 10.1 Å². The third-order valence-corrected chi connectivity index (χ3v) is 2.94. The van der Waals surface area contributed by atoms with Gasteiger partial charge in [-0.2, -0.15) is 0 Å². The van der Waals surface area contributed by atoms with E-state index in [9.17, 15) is 0 Å². The zero-order chi connectivity index (χ0) is 8.23. The average molecular weight is 184 g/mol. The molecule has 0 saturated carbocycles. The minimum Gasteiger partial charge on any atom is -0.378 e. The van der Waals surface area contributed by atoms with Crippen molar-refractivity contribution >= 4 is 18.0 Å². The molecule has 0 aromatic carbocycles. The predicted octanol–water partition coefficient (Wildman–Crippen LogP) is 0.634. The van der Waals surface area contributed by atoms with Crippen molar-refractivity contribution in [3.8, 4) is 0 Å². The van der Waals surface area contributed by atoms with Crippen molar-refractivity contribution in [1.82, 2.24) is 5.32 Å². The number of aliphatic imine (C=N–C) groups is 1. The molecule has 0 bridgehead atoms. The molecule has 0 spiro atoms. The highest BCUT2D eigenvalue weighted by Gasteiger charge is 2.18. The maximum absolute atomic E-state index is 5.37. The van der Waals surface area contributed by atoms with Gasteiger partial charge in [0.15, 0.2) is 0 Å². The number of nitrogens with one attached hydrogen (secondary N) is 1. The lowest BCUT2D eigenvalue weighted by molar-refractivity contribution is 0.0891. The normalized spacial score (nSPS) is 30.0. The van der Waals surface area contributed by atoms with Crippen LogP contribution in [0.25, 0.3) is 0 Å². The Morgan fingerprint density at radius 1 is 1.67 bits per heavy atom. The monoisotopic (exact) mass is 184 g/mol. The maximum atomic E-state index is 5.37. The summed E-state index contributed by atoms with van der Waals surface area (Å²) in [5.74, 6) is 0.990. The highest BCUT2D eigenvalue weighted by Crippen LogP contribution is 2.22. The van der Waals surface area contributed by atoms with Crippen LogP contribution in [0.15, 0.2) is 16.1 Å². The second-order valence-corrected chi connectivity index (χ2v) is 3.85. The van der Waals surface area contributed by atoms with Gasteiger partial charge in [0.2, 0.25) is 0 Å². The summed E-state index contributed by atoms with van der Waals surface area (Å²) in [5.41, 5.74) is 0. The Balaban J connectivity index is 1.97. The van der Waals surface area contributed by atoms with Crippen molar-refractivity contribution in [2.75, 3.05) is 25.5 Å². The Hall–Kier alpha value is -0.320. The van der Waals surface area contributed by atoms with Gasteiger partial charge in [-0.3, -0.25) is 4.99 Å². The molecule has 1 fully saturated rings. The van der Waals surface area contributed by atoms with Gasteiger partial charge in [-0.25, -0.2) is 0 Å². The summed E-state index contributed by atoms with van der Waals surface area (Å²) in [6.07, 6.45) is 3.86. The van der Waals surface area contributed by atoms with E-state index in [1.54, 1.807) is 0 Å². The maximum Gasteiger partial charge on any atom is 0.0667 e. The molecule has 1 N–H and O–H groups in total. The molecule has 1 atom stereocenters. The van der Waals surface area contributed by atoms with Crippen molar-refractivity contribution in [3.63, 3.8) is 0 Å². The van der Waals surface area contributed by atoms with E-state index in [1.165, 1.54) is 4.91 Å². The van der Waals surface area contributed by atoms with Crippen molar-refractivity contribution < 1.29 is 4.74 Å². The van der Waals surface area contributed by atoms with Crippen LogP contribution in [0.4, 0.5) is 0 Å². The molecule has 2 heterocycles. The smallest absolute Gasteiger partial charge is 0.0667 e. The van der Waals surface area contributed by atoms with Crippen LogP contribution in [-0.4, -0.2) is 37.8 Å². The van der Waals surface area contributed by atoms with Gasteiger partial charge in [-0.05, 0) is 0 Å². The number of ether oxygens (including phenoxy) is 1. The summed E-state index contributed by atoms with van der Waals surface area (Å²) in [6, 6.07) is 0.376. The SMILES string of the molecule is C1=NC=C(C2COCCN2)SC1. The highest BCUT2D eigenvalue weighted by atomic mass is 32.2. The van der Waals surface area contributed by atoms with Crippen LogP contribution in [0.1, 0.15) is 0 Å². The standard InChI is InChI=1S/C8H12N2OS/c1-3-11-6-7(10-1)8-5-9-2-4-12-8/h2,5,7,10H,1,3-4,6H2. The van der Waals surface area contributed by atoms with Gasteiger partial charge in [0.05, 0.1) is 19.3 Å². The lowest BCUT2D eigenvalue weighted by Gasteiger charge is -2.25. The zero-order valence-corrected chi connectivity index (χ0v) is 7.64. The van der Waals surface area contributed by atoms with Gasteiger partial charge in [0, 0.05) is 29.6 Å². The van der Waals surface area contributed by atoms with Crippen molar-refractivity contribution in [3.05, 3.63) is 11.1 Å². The molecule has 4 heteroatoms. The van der Waals surface area contributed by atoms with E-state index in [4.69, 9.17) is 4.74 Å². The second-order valence-electron chi connectivity index (χ2n) is 2.76. The molecule has 0 radical (unpaired) electrons. The summed E-state index contributed by atoms with van der Waals surface area (Å²) in [7, 11) is 0. The molecule has 1 unspecified atom stereocenters. The van der Waals surface area contributed by atoms with E-state index in [0.717, 1.165) is 25.5 Å². The summed E-state index contributed by atoms with van der Waals surface area (Å²) in [6.45, 7) is 2.57. The average Bonchev–Trinajstić information content (AvgIpc) is 2.21. The van der Waals surface area contributed by atoms with Gasteiger partial charge in [-0.15, -0.1) is 11.8 Å². The molecule has 3 nitrogen and oxygen atoms in total. The fourth-order valence-corrected chi connectivity index (χ4v) is 2.12. The van der Waals surface area contributed by atoms with Gasteiger partial charge in [0.25, 0.3) is 0 Å². The minimum atomic E-state index is 0.376. The van der Waals surface area contributed by atoms with Crippen LogP contribution in [0.3, 0.4) is 0 Å². The molecule has 2 rings (SSSR count). The molecule has 66 valence electrons. The van der Waals surface area contributed by atoms with Gasteiger partial charge >= 0.3 is 0 Å². The Morgan fingerprint density at radius 3 is 3.33 bits per heavy atom. The molecule has 2 aliphatic heterocycles. The molecular weight excluding hydrogens is 172 g/mol. The first-order chi connectivity index (χ1) is 5.97. The van der Waals surface area contributed by atoms with Crippen molar-refractivity contribution in [2.24, 2.45) is 4.99 Å². The third kappa shape index (κ3) is 1.88. The zero-order valence-electron chi connectivity index (χ0n) is 6.82. The molecule has 12 heavy (non-hydrogen) atoms. The van der Waals surface area contributed by atoms with E-state index >= 15 is 0 Å². The Labute approximate surface area is 76.3 Å². The largest absolute Gasteiger partial charge is 0.378 e. The van der Waals surface area contributed by atoms with Crippen LogP contribution in [0.2, 0.25) is 0 Å². The lowest BCUT2D eigenvalue weighted by Crippen LogP contribution is -2.42. The third-order valence-electron chi connectivity index (χ3n) is 1.90. The number of rotatable bonds is 1. The van der Waals surface area contributed by atoms with Gasteiger partial charge in [-0.1, -0.05) is 0 Å². The number of nitrogens with zero attached hydrogens (tertiary/aromatic N) is 1. The molecule has 0 aromatic rings. The Morgan fingerprint density at radius 2 is 2.67 bits per heavy atom. The highest BCUT2D eigenvalue weighted by molar-refractivity contribution is 8.03. The number of morpholine rings is 1. The van der Waals surface area contributed by atoms with Crippen molar-refractivity contribution in [1.29, 1.82) is 0 Å². The van der Waals surface area contributed by atoms with Gasteiger partial charge in [0.1, 0.15) is 0 Å². The first kappa shape index (κ1) is 8.29.